The van der Waals surface area contributed by atoms with Gasteiger partial charge in [-0.2, -0.15) is 0 Å². The van der Waals surface area contributed by atoms with Gasteiger partial charge < -0.3 is 19.6 Å². The van der Waals surface area contributed by atoms with Gasteiger partial charge in [-0.3, -0.25) is 24.2 Å². The van der Waals surface area contributed by atoms with Crippen LogP contribution in [0.4, 0.5) is 0 Å². The number of allylic oxidation sites excluding steroid dienone is 1. The molecular formula is C28H42N3O7P. The quantitative estimate of drug-likeness (QED) is 0.323. The fourth-order valence-corrected chi connectivity index (χ4v) is 5.76. The van der Waals surface area contributed by atoms with Crippen LogP contribution in [0.3, 0.4) is 0 Å². The molecule has 11 heteroatoms. The third-order valence-electron chi connectivity index (χ3n) is 7.57. The molecule has 3 N–H and O–H groups in total. The molecule has 0 spiro atoms. The molecule has 1 aliphatic heterocycles. The highest BCUT2D eigenvalue weighted by atomic mass is 31.2. The van der Waals surface area contributed by atoms with Crippen LogP contribution in [0, 0.1) is 5.41 Å². The lowest BCUT2D eigenvalue weighted by Crippen LogP contribution is -2.58. The molecule has 0 unspecified atom stereocenters. The predicted molar refractivity (Wildman–Crippen MR) is 149 cm³/mol. The van der Waals surface area contributed by atoms with Crippen molar-refractivity contribution < 1.29 is 33.3 Å². The first-order valence-corrected chi connectivity index (χ1v) is 15.1. The Morgan fingerprint density at radius 1 is 1.08 bits per heavy atom. The van der Waals surface area contributed by atoms with Gasteiger partial charge >= 0.3 is 7.82 Å². The maximum atomic E-state index is 13.8. The lowest BCUT2D eigenvalue weighted by Gasteiger charge is -2.38. The molecule has 1 heterocycles. The van der Waals surface area contributed by atoms with E-state index in [1.54, 1.807) is 24.0 Å². The van der Waals surface area contributed by atoms with E-state index in [0.29, 0.717) is 24.1 Å². The predicted octanol–water partition coefficient (Wildman–Crippen LogP) is 3.87. The molecule has 3 amide bonds. The summed E-state index contributed by atoms with van der Waals surface area (Å²) < 4.78 is 15.6. The van der Waals surface area contributed by atoms with Gasteiger partial charge in [0, 0.05) is 25.7 Å². The third kappa shape index (κ3) is 8.40. The van der Waals surface area contributed by atoms with Crippen molar-refractivity contribution in [2.45, 2.75) is 90.8 Å². The van der Waals surface area contributed by atoms with Crippen LogP contribution in [0.25, 0.3) is 5.57 Å². The molecule has 0 aromatic heterocycles. The highest BCUT2D eigenvalue weighted by molar-refractivity contribution is 7.46. The highest BCUT2D eigenvalue weighted by Crippen LogP contribution is 2.37. The van der Waals surface area contributed by atoms with E-state index < -0.39 is 31.2 Å². The molecule has 2 atom stereocenters. The normalized spacial score (nSPS) is 19.9. The van der Waals surface area contributed by atoms with Crippen LogP contribution in [-0.4, -0.2) is 69.0 Å². The van der Waals surface area contributed by atoms with E-state index in [-0.39, 0.29) is 23.6 Å². The Morgan fingerprint density at radius 3 is 2.26 bits per heavy atom. The van der Waals surface area contributed by atoms with Crippen molar-refractivity contribution in [2.75, 3.05) is 13.6 Å². The molecule has 3 rings (SSSR count). The number of benzene rings is 1. The van der Waals surface area contributed by atoms with Crippen molar-refractivity contribution in [3.05, 3.63) is 35.9 Å². The van der Waals surface area contributed by atoms with E-state index in [4.69, 9.17) is 9.79 Å². The molecule has 1 saturated carbocycles. The molecule has 10 nitrogen and oxygen atoms in total. The minimum Gasteiger partial charge on any atom is -0.404 e. The van der Waals surface area contributed by atoms with Gasteiger partial charge in [0.2, 0.25) is 17.7 Å². The number of hydrogen-bond donors (Lipinski definition) is 3. The zero-order valence-corrected chi connectivity index (χ0v) is 24.4. The monoisotopic (exact) mass is 563 g/mol. The Labute approximate surface area is 231 Å². The topological polar surface area (TPSA) is 136 Å². The summed E-state index contributed by atoms with van der Waals surface area (Å²) in [4.78, 5) is 61.6. The van der Waals surface area contributed by atoms with E-state index in [1.807, 2.05) is 32.7 Å². The Hall–Kier alpha value is -2.68. The summed E-state index contributed by atoms with van der Waals surface area (Å²) in [5.74, 6) is -0.716. The Bertz CT molecular complexity index is 1120. The number of nitrogens with one attached hydrogen (secondary N) is 1. The van der Waals surface area contributed by atoms with Gasteiger partial charge in [-0.15, -0.1) is 0 Å². The van der Waals surface area contributed by atoms with Crippen molar-refractivity contribution in [1.29, 1.82) is 0 Å². The van der Waals surface area contributed by atoms with Crippen LogP contribution in [-0.2, 0) is 18.9 Å². The number of phosphoric acid groups is 1. The number of carbonyl (C=O) groups excluding carboxylic acids is 3. The van der Waals surface area contributed by atoms with Gasteiger partial charge in [0.05, 0.1) is 0 Å². The van der Waals surface area contributed by atoms with Crippen molar-refractivity contribution in [3.8, 4) is 5.75 Å². The molecule has 1 aliphatic carbocycles. The number of phosphoric ester groups is 1. The van der Waals surface area contributed by atoms with Crippen molar-refractivity contribution in [2.24, 2.45) is 5.41 Å². The standard InChI is InChI=1S/C28H42N3O7P/c1-19(20-13-15-22(16-14-20)38-39(35,36)37)18-24(32)29-25(28(2,3)4)27(34)31-17-9-12-23(31)26(33)30(5)21-10-7-6-8-11-21/h13-16,18,21,23,25H,6-12,17H2,1-5H3,(H,29,32)(H2,35,36,37)/b19-18+/t23-,25+/m0/s1. The fraction of sp³-hybridized carbons (Fsp3) is 0.607. The lowest BCUT2D eigenvalue weighted by molar-refractivity contribution is -0.147. The smallest absolute Gasteiger partial charge is 0.404 e. The number of rotatable bonds is 8. The summed E-state index contributed by atoms with van der Waals surface area (Å²) in [6, 6.07) is 4.84. The van der Waals surface area contributed by atoms with E-state index in [2.05, 4.69) is 9.84 Å². The molecule has 39 heavy (non-hydrogen) atoms. The molecule has 1 aromatic rings. The second-order valence-corrected chi connectivity index (χ2v) is 12.8. The number of hydrogen-bond acceptors (Lipinski definition) is 5. The largest absolute Gasteiger partial charge is 0.524 e. The molecule has 0 radical (unpaired) electrons. The zero-order valence-electron chi connectivity index (χ0n) is 23.6. The maximum Gasteiger partial charge on any atom is 0.524 e. The van der Waals surface area contributed by atoms with Crippen molar-refractivity contribution in [1.82, 2.24) is 15.1 Å². The first kappa shape index (κ1) is 30.9. The average Bonchev–Trinajstić information content (AvgIpc) is 3.35. The Balaban J connectivity index is 1.71. The number of likely N-dealkylation sites (N-methyl/N-ethyl adjacent to an activating group) is 1. The SMILES string of the molecule is C/C(=C\C(=O)N[C@H](C(=O)N1CCC[C@H]1C(=O)N(C)C1CCCCC1)C(C)(C)C)c1ccc(OP(=O)(O)O)cc1. The molecule has 0 bridgehead atoms. The van der Waals surface area contributed by atoms with Gasteiger partial charge in [-0.1, -0.05) is 52.2 Å². The van der Waals surface area contributed by atoms with E-state index in [0.717, 1.165) is 32.1 Å². The van der Waals surface area contributed by atoms with Crippen LogP contribution in [0.1, 0.15) is 78.2 Å². The molecule has 216 valence electrons. The molecule has 2 aliphatic rings. The summed E-state index contributed by atoms with van der Waals surface area (Å²) in [5.41, 5.74) is 0.651. The van der Waals surface area contributed by atoms with Crippen LogP contribution >= 0.6 is 7.82 Å². The average molecular weight is 564 g/mol. The minimum absolute atomic E-state index is 0.00609. The number of nitrogens with zero attached hydrogens (tertiary/aromatic N) is 2. The molecule has 1 aromatic carbocycles. The Kier molecular flexibility index (Phi) is 10.0. The maximum absolute atomic E-state index is 13.8. The summed E-state index contributed by atoms with van der Waals surface area (Å²) in [6.07, 6.45) is 8.17. The number of amides is 3. The van der Waals surface area contributed by atoms with Gasteiger partial charge in [0.1, 0.15) is 17.8 Å². The zero-order chi connectivity index (χ0) is 29.0. The minimum atomic E-state index is -4.66. The summed E-state index contributed by atoms with van der Waals surface area (Å²) in [5, 5.41) is 2.87. The number of carbonyl (C=O) groups is 3. The van der Waals surface area contributed by atoms with Crippen LogP contribution in [0.2, 0.25) is 0 Å². The first-order valence-electron chi connectivity index (χ1n) is 13.6. The molecule has 2 fully saturated rings. The van der Waals surface area contributed by atoms with Crippen LogP contribution < -0.4 is 9.84 Å². The van der Waals surface area contributed by atoms with E-state index in [9.17, 15) is 18.9 Å². The van der Waals surface area contributed by atoms with Gasteiger partial charge in [0.15, 0.2) is 0 Å². The summed E-state index contributed by atoms with van der Waals surface area (Å²) in [7, 11) is -2.81. The second-order valence-electron chi connectivity index (χ2n) is 11.7. The number of likely N-dealkylation sites (tertiary alicyclic amines) is 1. The molecular weight excluding hydrogens is 521 g/mol. The van der Waals surface area contributed by atoms with Crippen LogP contribution in [0.5, 0.6) is 5.75 Å². The fourth-order valence-electron chi connectivity index (χ4n) is 5.36. The van der Waals surface area contributed by atoms with Gasteiger partial charge in [-0.05, 0) is 61.3 Å². The van der Waals surface area contributed by atoms with Gasteiger partial charge in [0.25, 0.3) is 0 Å². The van der Waals surface area contributed by atoms with E-state index >= 15 is 0 Å². The van der Waals surface area contributed by atoms with E-state index in [1.165, 1.54) is 24.6 Å². The second kappa shape index (κ2) is 12.7. The Morgan fingerprint density at radius 2 is 1.69 bits per heavy atom. The molecule has 1 saturated heterocycles. The summed E-state index contributed by atoms with van der Waals surface area (Å²) in [6.45, 7) is 7.85. The highest BCUT2D eigenvalue weighted by Gasteiger charge is 2.43. The van der Waals surface area contributed by atoms with Gasteiger partial charge in [-0.25, -0.2) is 4.57 Å². The van der Waals surface area contributed by atoms with Crippen LogP contribution in [0.15, 0.2) is 30.3 Å². The summed E-state index contributed by atoms with van der Waals surface area (Å²) >= 11 is 0. The van der Waals surface area contributed by atoms with Crippen molar-refractivity contribution >= 4 is 31.1 Å². The third-order valence-corrected chi connectivity index (χ3v) is 8.02. The first-order chi connectivity index (χ1) is 18.2. The lowest BCUT2D eigenvalue weighted by atomic mass is 9.85. The van der Waals surface area contributed by atoms with Crippen molar-refractivity contribution in [3.63, 3.8) is 0 Å².